The predicted molar refractivity (Wildman–Crippen MR) is 255 cm³/mol. The maximum Gasteiger partial charge on any atom is 0.0547 e. The molecule has 0 fully saturated rings. The van der Waals surface area contributed by atoms with Crippen molar-refractivity contribution in [1.29, 1.82) is 0 Å². The fourth-order valence-corrected chi connectivity index (χ4v) is 8.93. The summed E-state index contributed by atoms with van der Waals surface area (Å²) in [7, 11) is 0. The van der Waals surface area contributed by atoms with Crippen molar-refractivity contribution in [2.24, 2.45) is 0 Å². The second kappa shape index (κ2) is 15.1. The average molecular weight is 765 g/mol. The van der Waals surface area contributed by atoms with Crippen LogP contribution in [0.1, 0.15) is 0 Å². The lowest BCUT2D eigenvalue weighted by Crippen LogP contribution is -2.10. The van der Waals surface area contributed by atoms with Gasteiger partial charge < -0.3 is 9.47 Å². The fraction of sp³-hybridized carbons (Fsp3) is 0. The highest BCUT2D eigenvalue weighted by molar-refractivity contribution is 6.20. The first-order chi connectivity index (χ1) is 29.8. The van der Waals surface area contributed by atoms with E-state index in [-0.39, 0.29) is 0 Å². The lowest BCUT2D eigenvalue weighted by atomic mass is 9.94. The Kier molecular flexibility index (Phi) is 8.87. The van der Waals surface area contributed by atoms with Gasteiger partial charge in [-0.1, -0.05) is 176 Å². The summed E-state index contributed by atoms with van der Waals surface area (Å²) >= 11 is 0. The van der Waals surface area contributed by atoms with Gasteiger partial charge in [-0.25, -0.2) is 0 Å². The van der Waals surface area contributed by atoms with Crippen LogP contribution in [0.2, 0.25) is 0 Å². The molecule has 2 nitrogen and oxygen atoms in total. The monoisotopic (exact) mass is 764 g/mol. The average Bonchev–Trinajstić information content (AvgIpc) is 3.68. The van der Waals surface area contributed by atoms with Gasteiger partial charge in [0, 0.05) is 33.5 Å². The van der Waals surface area contributed by atoms with Gasteiger partial charge in [0.1, 0.15) is 0 Å². The summed E-state index contributed by atoms with van der Waals surface area (Å²) in [6.07, 6.45) is 0. The molecule has 2 heteroatoms. The van der Waals surface area contributed by atoms with E-state index in [0.717, 1.165) is 28.3 Å². The molecular weight excluding hydrogens is 725 g/mol. The molecule has 60 heavy (non-hydrogen) atoms. The minimum absolute atomic E-state index is 1.09. The minimum Gasteiger partial charge on any atom is -0.310 e. The third kappa shape index (κ3) is 6.32. The fourth-order valence-electron chi connectivity index (χ4n) is 8.93. The number of para-hydroxylation sites is 1. The smallest absolute Gasteiger partial charge is 0.0547 e. The van der Waals surface area contributed by atoms with Gasteiger partial charge in [0.25, 0.3) is 0 Å². The minimum atomic E-state index is 1.09. The topological polar surface area (TPSA) is 8.17 Å². The van der Waals surface area contributed by atoms with Crippen molar-refractivity contribution in [1.82, 2.24) is 4.57 Å². The van der Waals surface area contributed by atoms with Crippen LogP contribution in [0.4, 0.5) is 17.1 Å². The van der Waals surface area contributed by atoms with Gasteiger partial charge in [0.2, 0.25) is 0 Å². The molecule has 0 aliphatic carbocycles. The molecule has 0 N–H and O–H groups in total. The largest absolute Gasteiger partial charge is 0.310 e. The summed E-state index contributed by atoms with van der Waals surface area (Å²) in [5.74, 6) is 0. The molecule has 1 aromatic heterocycles. The van der Waals surface area contributed by atoms with Crippen molar-refractivity contribution < 1.29 is 0 Å². The summed E-state index contributed by atoms with van der Waals surface area (Å²) in [4.78, 5) is 2.38. The van der Waals surface area contributed by atoms with E-state index in [1.807, 2.05) is 0 Å². The molecule has 0 aliphatic heterocycles. The number of rotatable bonds is 8. The van der Waals surface area contributed by atoms with E-state index in [1.165, 1.54) is 71.5 Å². The van der Waals surface area contributed by atoms with Gasteiger partial charge >= 0.3 is 0 Å². The van der Waals surface area contributed by atoms with Crippen LogP contribution in [0, 0.1) is 0 Å². The third-order valence-corrected chi connectivity index (χ3v) is 11.8. The molecule has 0 saturated heterocycles. The summed E-state index contributed by atoms with van der Waals surface area (Å²) in [5.41, 5.74) is 16.4. The van der Waals surface area contributed by atoms with E-state index in [4.69, 9.17) is 0 Å². The zero-order chi connectivity index (χ0) is 39.8. The second-order valence-electron chi connectivity index (χ2n) is 15.3. The Morgan fingerprint density at radius 3 is 1.37 bits per heavy atom. The van der Waals surface area contributed by atoms with Gasteiger partial charge in [0.15, 0.2) is 0 Å². The summed E-state index contributed by atoms with van der Waals surface area (Å²) in [5, 5.41) is 4.99. The first-order valence-corrected chi connectivity index (χ1v) is 20.6. The SMILES string of the molecule is c1ccc(-c2ccc(N(c3ccc(-c4ccc5ccccc5c4)cc3)c3cccc(-c4cccc5c4c4c(-c6ccccc6)cccc4n5-c4ccccc4)c3)cc2)cc1. The Hall–Kier alpha value is -7.94. The maximum absolute atomic E-state index is 2.42. The summed E-state index contributed by atoms with van der Waals surface area (Å²) in [6.45, 7) is 0. The highest BCUT2D eigenvalue weighted by atomic mass is 15.1. The Balaban J connectivity index is 1.08. The van der Waals surface area contributed by atoms with Crippen LogP contribution in [0.3, 0.4) is 0 Å². The normalized spacial score (nSPS) is 11.3. The van der Waals surface area contributed by atoms with Gasteiger partial charge in [-0.3, -0.25) is 0 Å². The van der Waals surface area contributed by atoms with Gasteiger partial charge in [-0.2, -0.15) is 0 Å². The quantitative estimate of drug-likeness (QED) is 0.150. The van der Waals surface area contributed by atoms with Crippen LogP contribution in [0.5, 0.6) is 0 Å². The highest BCUT2D eigenvalue weighted by Crippen LogP contribution is 2.45. The van der Waals surface area contributed by atoms with Crippen molar-refractivity contribution in [3.8, 4) is 50.2 Å². The first-order valence-electron chi connectivity index (χ1n) is 20.6. The van der Waals surface area contributed by atoms with Crippen LogP contribution in [-0.4, -0.2) is 4.57 Å². The molecule has 10 aromatic carbocycles. The van der Waals surface area contributed by atoms with Crippen molar-refractivity contribution in [3.63, 3.8) is 0 Å². The number of anilines is 3. The highest BCUT2D eigenvalue weighted by Gasteiger charge is 2.21. The number of benzene rings is 10. The van der Waals surface area contributed by atoms with Crippen LogP contribution < -0.4 is 4.90 Å². The van der Waals surface area contributed by atoms with Gasteiger partial charge in [-0.15, -0.1) is 0 Å². The number of aromatic nitrogens is 1. The number of fused-ring (bicyclic) bond motifs is 4. The van der Waals surface area contributed by atoms with Crippen LogP contribution in [0.25, 0.3) is 82.8 Å². The molecule has 0 saturated carbocycles. The molecule has 0 radical (unpaired) electrons. The molecule has 11 rings (SSSR count). The standard InChI is InChI=1S/C58H40N2/c1-4-15-41(16-5-1)43-31-35-50(36-32-43)59(51-37-33-44(34-38-51)47-30-29-42-17-10-11-20-46(42)39-47)52-24-12-21-48(40-52)54-26-14-28-56-58(54)57-53(45-18-6-2-7-19-45)25-13-27-55(57)60(56)49-22-8-3-9-23-49/h1-40H. The maximum atomic E-state index is 2.42. The van der Waals surface area contributed by atoms with Crippen molar-refractivity contribution >= 4 is 49.6 Å². The van der Waals surface area contributed by atoms with E-state index in [1.54, 1.807) is 0 Å². The Labute approximate surface area is 350 Å². The van der Waals surface area contributed by atoms with Gasteiger partial charge in [-0.05, 0) is 122 Å². The molecule has 0 unspecified atom stereocenters. The summed E-state index contributed by atoms with van der Waals surface area (Å²) in [6, 6.07) is 87.9. The van der Waals surface area contributed by atoms with E-state index in [2.05, 4.69) is 252 Å². The van der Waals surface area contributed by atoms with Gasteiger partial charge in [0.05, 0.1) is 11.0 Å². The van der Waals surface area contributed by atoms with Crippen molar-refractivity contribution in [2.75, 3.05) is 4.90 Å². The first kappa shape index (κ1) is 35.2. The van der Waals surface area contributed by atoms with Crippen LogP contribution in [-0.2, 0) is 0 Å². The van der Waals surface area contributed by atoms with E-state index < -0.39 is 0 Å². The number of nitrogens with zero attached hydrogens (tertiary/aromatic N) is 2. The molecule has 0 amide bonds. The van der Waals surface area contributed by atoms with E-state index in [9.17, 15) is 0 Å². The van der Waals surface area contributed by atoms with E-state index in [0.29, 0.717) is 0 Å². The molecule has 0 atom stereocenters. The molecule has 11 aromatic rings. The molecule has 0 bridgehead atoms. The predicted octanol–water partition coefficient (Wildman–Crippen LogP) is 16.1. The van der Waals surface area contributed by atoms with E-state index >= 15 is 0 Å². The molecule has 0 spiro atoms. The lowest BCUT2D eigenvalue weighted by Gasteiger charge is -2.26. The van der Waals surface area contributed by atoms with Crippen LogP contribution in [0.15, 0.2) is 243 Å². The zero-order valence-corrected chi connectivity index (χ0v) is 33.0. The Morgan fingerprint density at radius 2 is 0.733 bits per heavy atom. The molecule has 0 aliphatic rings. The van der Waals surface area contributed by atoms with Crippen molar-refractivity contribution in [3.05, 3.63) is 243 Å². The molecule has 282 valence electrons. The van der Waals surface area contributed by atoms with Crippen LogP contribution >= 0.6 is 0 Å². The third-order valence-electron chi connectivity index (χ3n) is 11.8. The molecule has 1 heterocycles. The lowest BCUT2D eigenvalue weighted by molar-refractivity contribution is 1.18. The second-order valence-corrected chi connectivity index (χ2v) is 15.3. The number of hydrogen-bond donors (Lipinski definition) is 0. The van der Waals surface area contributed by atoms with Crippen molar-refractivity contribution in [2.45, 2.75) is 0 Å². The molecular formula is C58H40N2. The Bertz CT molecular complexity index is 3270. The summed E-state index contributed by atoms with van der Waals surface area (Å²) < 4.78 is 2.42. The zero-order valence-electron chi connectivity index (χ0n) is 33.0. The Morgan fingerprint density at radius 1 is 0.267 bits per heavy atom. The number of hydrogen-bond acceptors (Lipinski definition) is 1.